The van der Waals surface area contributed by atoms with Crippen molar-refractivity contribution in [3.63, 3.8) is 0 Å². The highest BCUT2D eigenvalue weighted by molar-refractivity contribution is 6.30. The molecule has 0 aliphatic heterocycles. The van der Waals surface area contributed by atoms with Gasteiger partial charge < -0.3 is 4.57 Å². The predicted molar refractivity (Wildman–Crippen MR) is 97.6 cm³/mol. The zero-order valence-electron chi connectivity index (χ0n) is 13.7. The van der Waals surface area contributed by atoms with Crippen LogP contribution >= 0.6 is 11.6 Å². The molecule has 0 aliphatic carbocycles. The van der Waals surface area contributed by atoms with Crippen molar-refractivity contribution in [3.8, 4) is 16.9 Å². The summed E-state index contributed by atoms with van der Waals surface area (Å²) in [6, 6.07) is 15.4. The molecule has 25 heavy (non-hydrogen) atoms. The van der Waals surface area contributed by atoms with Crippen LogP contribution in [0.2, 0.25) is 5.02 Å². The number of nitro benzene ring substituents is 1. The van der Waals surface area contributed by atoms with Crippen molar-refractivity contribution >= 4 is 23.1 Å². The van der Waals surface area contributed by atoms with Crippen LogP contribution in [0.5, 0.6) is 0 Å². The molecule has 0 N–H and O–H groups in total. The fraction of sp³-hybridized carbons (Fsp3) is 0.105. The van der Waals surface area contributed by atoms with Crippen LogP contribution in [0.4, 0.5) is 5.69 Å². The first kappa shape index (κ1) is 16.9. The van der Waals surface area contributed by atoms with E-state index in [9.17, 15) is 14.9 Å². The van der Waals surface area contributed by atoms with E-state index in [0.717, 1.165) is 11.4 Å². The second-order valence-electron chi connectivity index (χ2n) is 5.70. The van der Waals surface area contributed by atoms with Gasteiger partial charge in [-0.2, -0.15) is 0 Å². The summed E-state index contributed by atoms with van der Waals surface area (Å²) in [5.74, 6) is -0.0584. The zero-order valence-corrected chi connectivity index (χ0v) is 14.4. The molecule has 3 aromatic rings. The summed E-state index contributed by atoms with van der Waals surface area (Å²) in [5, 5.41) is 11.7. The molecule has 3 rings (SSSR count). The maximum absolute atomic E-state index is 12.0. The molecule has 0 unspecified atom stereocenters. The molecule has 0 aliphatic rings. The molecule has 0 saturated heterocycles. The molecular formula is C19H15ClN2O3. The third kappa shape index (κ3) is 3.19. The molecule has 1 heterocycles. The van der Waals surface area contributed by atoms with E-state index in [-0.39, 0.29) is 11.5 Å². The average molecular weight is 355 g/mol. The maximum atomic E-state index is 12.0. The lowest BCUT2D eigenvalue weighted by atomic mass is 10.1. The Labute approximate surface area is 149 Å². The smallest absolute Gasteiger partial charge is 0.270 e. The second kappa shape index (κ2) is 6.53. The molecular weight excluding hydrogens is 340 g/mol. The minimum atomic E-state index is -0.433. The summed E-state index contributed by atoms with van der Waals surface area (Å²) in [6.45, 7) is 3.36. The molecule has 0 radical (unpaired) electrons. The molecule has 0 spiro atoms. The van der Waals surface area contributed by atoms with E-state index in [0.29, 0.717) is 21.8 Å². The summed E-state index contributed by atoms with van der Waals surface area (Å²) in [7, 11) is 0. The minimum Gasteiger partial charge on any atom is -0.313 e. The van der Waals surface area contributed by atoms with E-state index in [4.69, 9.17) is 11.6 Å². The van der Waals surface area contributed by atoms with E-state index in [1.807, 2.05) is 23.6 Å². The molecule has 0 amide bonds. The van der Waals surface area contributed by atoms with Gasteiger partial charge in [0.1, 0.15) is 0 Å². The monoisotopic (exact) mass is 354 g/mol. The van der Waals surface area contributed by atoms with Crippen LogP contribution in [0, 0.1) is 17.0 Å². The van der Waals surface area contributed by atoms with Crippen molar-refractivity contribution in [1.29, 1.82) is 0 Å². The molecule has 126 valence electrons. The highest BCUT2D eigenvalue weighted by Gasteiger charge is 2.18. The number of non-ortho nitro benzene ring substituents is 1. The Morgan fingerprint density at radius 2 is 1.80 bits per heavy atom. The highest BCUT2D eigenvalue weighted by atomic mass is 35.5. The average Bonchev–Trinajstić information content (AvgIpc) is 2.93. The van der Waals surface area contributed by atoms with Gasteiger partial charge in [0.25, 0.3) is 5.69 Å². The topological polar surface area (TPSA) is 65.1 Å². The van der Waals surface area contributed by atoms with Gasteiger partial charge in [0, 0.05) is 39.7 Å². The zero-order chi connectivity index (χ0) is 18.1. The van der Waals surface area contributed by atoms with Gasteiger partial charge >= 0.3 is 0 Å². The van der Waals surface area contributed by atoms with E-state index >= 15 is 0 Å². The largest absolute Gasteiger partial charge is 0.313 e. The molecule has 0 fully saturated rings. The molecule has 1 aromatic heterocycles. The summed E-state index contributed by atoms with van der Waals surface area (Å²) in [4.78, 5) is 22.6. The first-order valence-corrected chi connectivity index (χ1v) is 8.00. The summed E-state index contributed by atoms with van der Waals surface area (Å²) < 4.78 is 1.91. The minimum absolute atomic E-state index is 0.00313. The van der Waals surface area contributed by atoms with Gasteiger partial charge in [-0.1, -0.05) is 23.7 Å². The number of carbonyl (C=O) groups excluding carboxylic acids is 1. The van der Waals surface area contributed by atoms with Crippen molar-refractivity contribution in [3.05, 3.63) is 81.0 Å². The van der Waals surface area contributed by atoms with Crippen molar-refractivity contribution < 1.29 is 9.72 Å². The van der Waals surface area contributed by atoms with E-state index < -0.39 is 4.92 Å². The first-order chi connectivity index (χ1) is 11.9. The first-order valence-electron chi connectivity index (χ1n) is 7.62. The number of Topliss-reactive ketones (excluding diaryl/α,β-unsaturated/α-hetero) is 1. The SMILES string of the molecule is CC(=O)c1cc(-c2cccc([N+](=O)[O-])c2)n(-c2ccc(Cl)cc2)c1C. The summed E-state index contributed by atoms with van der Waals surface area (Å²) in [6.07, 6.45) is 0. The van der Waals surface area contributed by atoms with Crippen LogP contribution in [0.25, 0.3) is 16.9 Å². The number of benzene rings is 2. The Morgan fingerprint density at radius 1 is 1.12 bits per heavy atom. The fourth-order valence-electron chi connectivity index (χ4n) is 2.88. The third-order valence-corrected chi connectivity index (χ3v) is 4.32. The molecule has 0 bridgehead atoms. The molecule has 2 aromatic carbocycles. The fourth-order valence-corrected chi connectivity index (χ4v) is 3.00. The van der Waals surface area contributed by atoms with Gasteiger partial charge in [-0.3, -0.25) is 14.9 Å². The number of ketones is 1. The third-order valence-electron chi connectivity index (χ3n) is 4.06. The van der Waals surface area contributed by atoms with Gasteiger partial charge in [-0.15, -0.1) is 0 Å². The molecule has 5 nitrogen and oxygen atoms in total. The Hall–Kier alpha value is -2.92. The van der Waals surface area contributed by atoms with Crippen molar-refractivity contribution in [2.45, 2.75) is 13.8 Å². The van der Waals surface area contributed by atoms with Crippen LogP contribution in [0.15, 0.2) is 54.6 Å². The number of nitro groups is 1. The lowest BCUT2D eigenvalue weighted by molar-refractivity contribution is -0.384. The molecule has 6 heteroatoms. The van der Waals surface area contributed by atoms with Crippen molar-refractivity contribution in [2.24, 2.45) is 0 Å². The van der Waals surface area contributed by atoms with Crippen LogP contribution in [-0.4, -0.2) is 15.3 Å². The van der Waals surface area contributed by atoms with Crippen LogP contribution in [-0.2, 0) is 0 Å². The lowest BCUT2D eigenvalue weighted by Crippen LogP contribution is -2.01. The summed E-state index contributed by atoms with van der Waals surface area (Å²) in [5.41, 5.74) is 3.57. The molecule has 0 atom stereocenters. The maximum Gasteiger partial charge on any atom is 0.270 e. The normalized spacial score (nSPS) is 10.7. The van der Waals surface area contributed by atoms with Crippen molar-refractivity contribution in [2.75, 3.05) is 0 Å². The van der Waals surface area contributed by atoms with Crippen molar-refractivity contribution in [1.82, 2.24) is 4.57 Å². The highest BCUT2D eigenvalue weighted by Crippen LogP contribution is 2.32. The van der Waals surface area contributed by atoms with E-state index in [1.54, 1.807) is 30.3 Å². The number of carbonyl (C=O) groups is 1. The second-order valence-corrected chi connectivity index (χ2v) is 6.14. The van der Waals surface area contributed by atoms with Crippen LogP contribution in [0.1, 0.15) is 23.0 Å². The van der Waals surface area contributed by atoms with Gasteiger partial charge in [0.2, 0.25) is 0 Å². The van der Waals surface area contributed by atoms with Gasteiger partial charge in [-0.25, -0.2) is 0 Å². The number of hydrogen-bond donors (Lipinski definition) is 0. The Balaban J connectivity index is 2.27. The lowest BCUT2D eigenvalue weighted by Gasteiger charge is -2.12. The number of rotatable bonds is 4. The predicted octanol–water partition coefficient (Wildman–Crippen LogP) is 5.22. The number of aromatic nitrogens is 1. The van der Waals surface area contributed by atoms with Gasteiger partial charge in [0.05, 0.1) is 10.6 Å². The van der Waals surface area contributed by atoms with E-state index in [2.05, 4.69) is 0 Å². The Bertz CT molecular complexity index is 975. The number of nitrogens with zero attached hydrogens (tertiary/aromatic N) is 2. The molecule has 0 saturated carbocycles. The van der Waals surface area contributed by atoms with Crippen LogP contribution in [0.3, 0.4) is 0 Å². The van der Waals surface area contributed by atoms with Crippen LogP contribution < -0.4 is 0 Å². The standard InChI is InChI=1S/C19H15ClN2O3/c1-12-18(13(2)23)11-19(14-4-3-5-17(10-14)22(24)25)21(12)16-8-6-15(20)7-9-16/h3-11H,1-2H3. The van der Waals surface area contributed by atoms with Gasteiger partial charge in [-0.05, 0) is 44.2 Å². The quantitative estimate of drug-likeness (QED) is 0.366. The Kier molecular flexibility index (Phi) is 4.42. The Morgan fingerprint density at radius 3 is 2.40 bits per heavy atom. The summed E-state index contributed by atoms with van der Waals surface area (Å²) >= 11 is 5.97. The van der Waals surface area contributed by atoms with E-state index in [1.165, 1.54) is 19.1 Å². The number of halogens is 1. The number of hydrogen-bond acceptors (Lipinski definition) is 3. The van der Waals surface area contributed by atoms with Gasteiger partial charge in [0.15, 0.2) is 5.78 Å².